The fraction of sp³-hybridized carbons (Fsp3) is 0.222. The molecule has 0 bridgehead atoms. The zero-order chi connectivity index (χ0) is 20.0. The van der Waals surface area contributed by atoms with Gasteiger partial charge < -0.3 is 14.8 Å². The summed E-state index contributed by atoms with van der Waals surface area (Å²) in [5, 5.41) is 14.1. The summed E-state index contributed by atoms with van der Waals surface area (Å²) < 4.78 is 10.1. The number of nitrogens with zero attached hydrogens (tertiary/aromatic N) is 1. The topological polar surface area (TPSA) is 108 Å². The lowest BCUT2D eigenvalue weighted by molar-refractivity contribution is -0.385. The van der Waals surface area contributed by atoms with E-state index in [9.17, 15) is 19.7 Å². The van der Waals surface area contributed by atoms with Gasteiger partial charge in [-0.1, -0.05) is 17.7 Å². The molecule has 0 atom stereocenters. The molecule has 0 saturated carbocycles. The summed E-state index contributed by atoms with van der Waals surface area (Å²) in [6.45, 7) is 3.20. The molecule has 0 aliphatic heterocycles. The van der Waals surface area contributed by atoms with E-state index in [2.05, 4.69) is 5.32 Å². The van der Waals surface area contributed by atoms with Crippen molar-refractivity contribution < 1.29 is 24.0 Å². The van der Waals surface area contributed by atoms with Gasteiger partial charge in [0.15, 0.2) is 12.4 Å². The maximum absolute atomic E-state index is 12.1. The van der Waals surface area contributed by atoms with Gasteiger partial charge in [0.25, 0.3) is 5.91 Å². The van der Waals surface area contributed by atoms with E-state index in [4.69, 9.17) is 21.1 Å². The third-order valence-electron chi connectivity index (χ3n) is 3.48. The highest BCUT2D eigenvalue weighted by Crippen LogP contribution is 2.28. The molecule has 0 fully saturated rings. The van der Waals surface area contributed by atoms with Gasteiger partial charge in [-0.3, -0.25) is 14.9 Å². The number of nitrogens with one attached hydrogen (secondary N) is 1. The quantitative estimate of drug-likeness (QED) is 0.436. The number of amides is 1. The van der Waals surface area contributed by atoms with Crippen molar-refractivity contribution in [2.45, 2.75) is 13.8 Å². The first-order chi connectivity index (χ1) is 12.8. The molecule has 27 heavy (non-hydrogen) atoms. The maximum Gasteiger partial charge on any atom is 0.338 e. The molecule has 0 heterocycles. The number of esters is 1. The van der Waals surface area contributed by atoms with E-state index in [0.717, 1.165) is 11.6 Å². The molecule has 2 rings (SSSR count). The van der Waals surface area contributed by atoms with Crippen LogP contribution in [-0.4, -0.2) is 30.0 Å². The molecular formula is C18H17ClN2O6. The third kappa shape index (κ3) is 5.42. The minimum atomic E-state index is -0.863. The Morgan fingerprint density at radius 3 is 2.59 bits per heavy atom. The van der Waals surface area contributed by atoms with Gasteiger partial charge in [0, 0.05) is 16.8 Å². The van der Waals surface area contributed by atoms with Crippen molar-refractivity contribution in [2.24, 2.45) is 0 Å². The van der Waals surface area contributed by atoms with Crippen molar-refractivity contribution in [1.82, 2.24) is 0 Å². The van der Waals surface area contributed by atoms with Gasteiger partial charge >= 0.3 is 11.7 Å². The number of hydrogen-bond donors (Lipinski definition) is 1. The van der Waals surface area contributed by atoms with E-state index >= 15 is 0 Å². The Kier molecular flexibility index (Phi) is 6.73. The number of halogens is 1. The average Bonchev–Trinajstić information content (AvgIpc) is 2.63. The number of carbonyl (C=O) groups excluding carboxylic acids is 2. The molecule has 142 valence electrons. The number of benzene rings is 2. The van der Waals surface area contributed by atoms with E-state index in [1.165, 1.54) is 12.1 Å². The summed E-state index contributed by atoms with van der Waals surface area (Å²) in [4.78, 5) is 34.4. The first-order valence-electron chi connectivity index (χ1n) is 7.96. The molecule has 0 spiro atoms. The van der Waals surface area contributed by atoms with Gasteiger partial charge in [-0.2, -0.15) is 0 Å². The van der Waals surface area contributed by atoms with E-state index in [1.807, 2.05) is 6.92 Å². The van der Waals surface area contributed by atoms with E-state index in [-0.39, 0.29) is 23.6 Å². The number of nitro benzene ring substituents is 1. The number of aryl methyl sites for hydroxylation is 1. The van der Waals surface area contributed by atoms with Crippen LogP contribution in [0.25, 0.3) is 0 Å². The lowest BCUT2D eigenvalue weighted by Gasteiger charge is -2.09. The molecule has 0 saturated heterocycles. The Morgan fingerprint density at radius 1 is 1.22 bits per heavy atom. The van der Waals surface area contributed by atoms with Crippen LogP contribution in [0.3, 0.4) is 0 Å². The summed E-state index contributed by atoms with van der Waals surface area (Å²) in [6.07, 6.45) is 0. The normalized spacial score (nSPS) is 10.2. The molecule has 0 aliphatic rings. The molecule has 2 aromatic carbocycles. The van der Waals surface area contributed by atoms with Crippen molar-refractivity contribution in [3.63, 3.8) is 0 Å². The minimum absolute atomic E-state index is 0.0491. The van der Waals surface area contributed by atoms with Crippen LogP contribution in [0.15, 0.2) is 36.4 Å². The highest BCUT2D eigenvalue weighted by molar-refractivity contribution is 6.31. The summed E-state index contributed by atoms with van der Waals surface area (Å²) in [5.41, 5.74) is 0.905. The van der Waals surface area contributed by atoms with Gasteiger partial charge in [0.1, 0.15) is 0 Å². The Bertz CT molecular complexity index is 884. The molecule has 0 aliphatic carbocycles. The van der Waals surface area contributed by atoms with E-state index in [1.54, 1.807) is 25.1 Å². The van der Waals surface area contributed by atoms with Gasteiger partial charge in [-0.05, 0) is 43.7 Å². The highest BCUT2D eigenvalue weighted by Gasteiger charge is 2.20. The monoisotopic (exact) mass is 392 g/mol. The summed E-state index contributed by atoms with van der Waals surface area (Å²) in [6, 6.07) is 8.67. The van der Waals surface area contributed by atoms with Crippen LogP contribution in [0.4, 0.5) is 11.4 Å². The zero-order valence-electron chi connectivity index (χ0n) is 14.7. The molecule has 1 amide bonds. The standard InChI is InChI=1S/C18H17ClN2O6/c1-3-26-16-7-5-12(8-15(16)21(24)25)18(23)27-10-17(22)20-13-6-4-11(2)14(19)9-13/h4-9H,3,10H2,1-2H3,(H,20,22). The molecule has 8 nitrogen and oxygen atoms in total. The van der Waals surface area contributed by atoms with Crippen LogP contribution >= 0.6 is 11.6 Å². The Labute approximate surface area is 160 Å². The number of rotatable bonds is 7. The van der Waals surface area contributed by atoms with Crippen molar-refractivity contribution >= 4 is 34.9 Å². The summed E-state index contributed by atoms with van der Waals surface area (Å²) in [7, 11) is 0. The number of carbonyl (C=O) groups is 2. The molecule has 0 radical (unpaired) electrons. The number of nitro groups is 1. The van der Waals surface area contributed by atoms with Gasteiger partial charge in [-0.25, -0.2) is 4.79 Å². The summed E-state index contributed by atoms with van der Waals surface area (Å²) >= 11 is 5.98. The second-order valence-electron chi connectivity index (χ2n) is 5.46. The Balaban J connectivity index is 2.00. The molecule has 1 N–H and O–H groups in total. The first-order valence-corrected chi connectivity index (χ1v) is 8.34. The van der Waals surface area contributed by atoms with Crippen molar-refractivity contribution in [1.29, 1.82) is 0 Å². The van der Waals surface area contributed by atoms with Crippen LogP contribution < -0.4 is 10.1 Å². The van der Waals surface area contributed by atoms with Crippen LogP contribution in [0.1, 0.15) is 22.8 Å². The van der Waals surface area contributed by atoms with Crippen molar-refractivity contribution in [3.05, 3.63) is 62.7 Å². The predicted octanol–water partition coefficient (Wildman–Crippen LogP) is 3.75. The van der Waals surface area contributed by atoms with Crippen molar-refractivity contribution in [3.8, 4) is 5.75 Å². The summed E-state index contributed by atoms with van der Waals surface area (Å²) in [5.74, 6) is -1.38. The fourth-order valence-corrected chi connectivity index (χ4v) is 2.33. The number of hydrogen-bond acceptors (Lipinski definition) is 6. The lowest BCUT2D eigenvalue weighted by atomic mass is 10.2. The maximum atomic E-state index is 12.1. The first kappa shape index (κ1) is 20.2. The van der Waals surface area contributed by atoms with E-state index in [0.29, 0.717) is 10.7 Å². The third-order valence-corrected chi connectivity index (χ3v) is 3.89. The second-order valence-corrected chi connectivity index (χ2v) is 5.87. The fourth-order valence-electron chi connectivity index (χ4n) is 2.15. The minimum Gasteiger partial charge on any atom is -0.487 e. The SMILES string of the molecule is CCOc1ccc(C(=O)OCC(=O)Nc2ccc(C)c(Cl)c2)cc1[N+](=O)[O-]. The molecular weight excluding hydrogens is 376 g/mol. The van der Waals surface area contributed by atoms with Crippen LogP contribution in [0.2, 0.25) is 5.02 Å². The molecule has 0 unspecified atom stereocenters. The second kappa shape index (κ2) is 9.00. The lowest BCUT2D eigenvalue weighted by Crippen LogP contribution is -2.21. The zero-order valence-corrected chi connectivity index (χ0v) is 15.4. The van der Waals surface area contributed by atoms with Crippen LogP contribution in [0, 0.1) is 17.0 Å². The molecule has 2 aromatic rings. The smallest absolute Gasteiger partial charge is 0.338 e. The average molecular weight is 393 g/mol. The van der Waals surface area contributed by atoms with Crippen LogP contribution in [0.5, 0.6) is 5.75 Å². The molecule has 0 aromatic heterocycles. The van der Waals surface area contributed by atoms with Gasteiger partial charge in [0.2, 0.25) is 0 Å². The highest BCUT2D eigenvalue weighted by atomic mass is 35.5. The predicted molar refractivity (Wildman–Crippen MR) is 99.4 cm³/mol. The van der Waals surface area contributed by atoms with Gasteiger partial charge in [-0.15, -0.1) is 0 Å². The number of anilines is 1. The van der Waals surface area contributed by atoms with Gasteiger partial charge in [0.05, 0.1) is 17.1 Å². The molecule has 9 heteroatoms. The van der Waals surface area contributed by atoms with Crippen molar-refractivity contribution in [2.75, 3.05) is 18.5 Å². The Morgan fingerprint density at radius 2 is 1.96 bits per heavy atom. The van der Waals surface area contributed by atoms with E-state index < -0.39 is 23.4 Å². The number of ether oxygens (including phenoxy) is 2. The van der Waals surface area contributed by atoms with Crippen LogP contribution in [-0.2, 0) is 9.53 Å². The Hall–Kier alpha value is -3.13. The largest absolute Gasteiger partial charge is 0.487 e.